The van der Waals surface area contributed by atoms with Gasteiger partial charge in [-0.3, -0.25) is 0 Å². The maximum absolute atomic E-state index is 12.1. The third kappa shape index (κ3) is 7.16. The largest absolute Gasteiger partial charge is 0.454 e. The van der Waals surface area contributed by atoms with E-state index in [9.17, 15) is 9.59 Å². The average molecular weight is 285 g/mol. The molecule has 5 heteroatoms. The number of carbonyl (C=O) groups is 2. The molecule has 0 radical (unpaired) electrons. The van der Waals surface area contributed by atoms with Gasteiger partial charge in [0.1, 0.15) is 17.2 Å². The zero-order chi connectivity index (χ0) is 16.1. The summed E-state index contributed by atoms with van der Waals surface area (Å²) >= 11 is 0. The van der Waals surface area contributed by atoms with Crippen LogP contribution in [0.3, 0.4) is 0 Å². The number of amides is 1. The molecule has 0 aliphatic heterocycles. The van der Waals surface area contributed by atoms with Crippen molar-refractivity contribution in [3.05, 3.63) is 12.7 Å². The van der Waals surface area contributed by atoms with Crippen LogP contribution in [-0.2, 0) is 14.3 Å². The average Bonchev–Trinajstić information content (AvgIpc) is 2.22. The van der Waals surface area contributed by atoms with E-state index >= 15 is 0 Å². The molecule has 20 heavy (non-hydrogen) atoms. The Bertz CT molecular complexity index is 367. The summed E-state index contributed by atoms with van der Waals surface area (Å²) in [5.74, 6) is -0.619. The van der Waals surface area contributed by atoms with Crippen LogP contribution in [0.25, 0.3) is 0 Å². The maximum atomic E-state index is 12.1. The lowest BCUT2D eigenvalue weighted by atomic mass is 10.0. The van der Waals surface area contributed by atoms with Crippen molar-refractivity contribution in [2.75, 3.05) is 0 Å². The van der Waals surface area contributed by atoms with E-state index in [0.717, 1.165) is 0 Å². The van der Waals surface area contributed by atoms with Gasteiger partial charge in [0.25, 0.3) is 0 Å². The summed E-state index contributed by atoms with van der Waals surface area (Å²) < 4.78 is 10.5. The van der Waals surface area contributed by atoms with Gasteiger partial charge in [0, 0.05) is 0 Å². The Morgan fingerprint density at radius 1 is 1.10 bits per heavy atom. The minimum atomic E-state index is -0.778. The minimum Gasteiger partial charge on any atom is -0.454 e. The number of alkyl carbamates (subject to hydrolysis) is 1. The highest BCUT2D eigenvalue weighted by Crippen LogP contribution is 2.15. The first-order chi connectivity index (χ1) is 8.88. The molecule has 0 bridgehead atoms. The number of nitrogens with one attached hydrogen (secondary N) is 1. The van der Waals surface area contributed by atoms with Crippen LogP contribution in [0.4, 0.5) is 4.79 Å². The number of hydrogen-bond acceptors (Lipinski definition) is 4. The standard InChI is InChI=1S/C15H27NO4/c1-9-15(7,8)19-12(17)11(10(2)3)16-13(18)20-14(4,5)6/h9-11H,1H2,2-8H3,(H,16,18)/t11-/m0/s1. The van der Waals surface area contributed by atoms with Gasteiger partial charge in [0.2, 0.25) is 0 Å². The van der Waals surface area contributed by atoms with E-state index in [-0.39, 0.29) is 5.92 Å². The third-order valence-corrected chi connectivity index (χ3v) is 2.45. The Morgan fingerprint density at radius 2 is 1.60 bits per heavy atom. The number of rotatable bonds is 5. The molecule has 0 fully saturated rings. The molecular weight excluding hydrogens is 258 g/mol. The Kier molecular flexibility index (Phi) is 6.26. The molecule has 1 N–H and O–H groups in total. The smallest absolute Gasteiger partial charge is 0.408 e. The molecule has 0 aliphatic rings. The molecule has 0 saturated carbocycles. The maximum Gasteiger partial charge on any atom is 0.408 e. The van der Waals surface area contributed by atoms with Gasteiger partial charge < -0.3 is 14.8 Å². The summed E-state index contributed by atoms with van der Waals surface area (Å²) in [5.41, 5.74) is -1.39. The van der Waals surface area contributed by atoms with Crippen molar-refractivity contribution in [2.45, 2.75) is 65.7 Å². The Hall–Kier alpha value is -1.52. The first kappa shape index (κ1) is 18.5. The second-order valence-corrected chi connectivity index (χ2v) is 6.60. The van der Waals surface area contributed by atoms with Crippen molar-refractivity contribution < 1.29 is 19.1 Å². The highest BCUT2D eigenvalue weighted by Gasteiger charge is 2.31. The second-order valence-electron chi connectivity index (χ2n) is 6.60. The lowest BCUT2D eigenvalue weighted by Crippen LogP contribution is -2.48. The van der Waals surface area contributed by atoms with Gasteiger partial charge in [-0.2, -0.15) is 0 Å². The molecule has 0 heterocycles. The van der Waals surface area contributed by atoms with Gasteiger partial charge in [0.15, 0.2) is 0 Å². The fourth-order valence-electron chi connectivity index (χ4n) is 1.30. The zero-order valence-corrected chi connectivity index (χ0v) is 13.6. The normalized spacial score (nSPS) is 13.6. The summed E-state index contributed by atoms with van der Waals surface area (Å²) in [7, 11) is 0. The van der Waals surface area contributed by atoms with Gasteiger partial charge in [-0.1, -0.05) is 20.4 Å². The first-order valence-electron chi connectivity index (χ1n) is 6.74. The number of hydrogen-bond donors (Lipinski definition) is 1. The van der Waals surface area contributed by atoms with Crippen LogP contribution in [0.2, 0.25) is 0 Å². The molecule has 0 saturated heterocycles. The van der Waals surface area contributed by atoms with Crippen molar-refractivity contribution in [2.24, 2.45) is 5.92 Å². The van der Waals surface area contributed by atoms with Crippen molar-refractivity contribution >= 4 is 12.1 Å². The molecule has 0 unspecified atom stereocenters. The first-order valence-corrected chi connectivity index (χ1v) is 6.74. The molecule has 0 aromatic heterocycles. The fraction of sp³-hybridized carbons (Fsp3) is 0.733. The molecule has 0 aromatic carbocycles. The predicted octanol–water partition coefficient (Wildman–Crippen LogP) is 3.04. The summed E-state index contributed by atoms with van der Waals surface area (Å²) in [6.07, 6.45) is 0.903. The Morgan fingerprint density at radius 3 is 1.95 bits per heavy atom. The molecule has 0 aromatic rings. The van der Waals surface area contributed by atoms with Gasteiger partial charge in [-0.25, -0.2) is 9.59 Å². The molecule has 1 amide bonds. The molecule has 116 valence electrons. The van der Waals surface area contributed by atoms with Crippen molar-refractivity contribution in [3.63, 3.8) is 0 Å². The predicted molar refractivity (Wildman–Crippen MR) is 78.4 cm³/mol. The van der Waals surface area contributed by atoms with Gasteiger partial charge >= 0.3 is 12.1 Å². The second kappa shape index (κ2) is 6.77. The molecular formula is C15H27NO4. The van der Waals surface area contributed by atoms with E-state index in [0.29, 0.717) is 0 Å². The van der Waals surface area contributed by atoms with Gasteiger partial charge in [0.05, 0.1) is 0 Å². The van der Waals surface area contributed by atoms with Crippen LogP contribution in [0.15, 0.2) is 12.7 Å². The van der Waals surface area contributed by atoms with Crippen LogP contribution in [0.1, 0.15) is 48.5 Å². The van der Waals surface area contributed by atoms with Crippen LogP contribution in [0, 0.1) is 5.92 Å². The lowest BCUT2D eigenvalue weighted by Gasteiger charge is -2.28. The van der Waals surface area contributed by atoms with Gasteiger partial charge in [-0.05, 0) is 46.6 Å². The van der Waals surface area contributed by atoms with E-state index in [1.807, 2.05) is 13.8 Å². The number of carbonyl (C=O) groups excluding carboxylic acids is 2. The van der Waals surface area contributed by atoms with E-state index < -0.39 is 29.3 Å². The quantitative estimate of drug-likeness (QED) is 0.623. The highest BCUT2D eigenvalue weighted by atomic mass is 16.6. The topological polar surface area (TPSA) is 64.6 Å². The van der Waals surface area contributed by atoms with Crippen LogP contribution < -0.4 is 5.32 Å². The van der Waals surface area contributed by atoms with Crippen LogP contribution in [-0.4, -0.2) is 29.3 Å². The van der Waals surface area contributed by atoms with Crippen LogP contribution in [0.5, 0.6) is 0 Å². The monoisotopic (exact) mass is 285 g/mol. The molecule has 0 aliphatic carbocycles. The van der Waals surface area contributed by atoms with Gasteiger partial charge in [-0.15, -0.1) is 0 Å². The summed E-state index contributed by atoms with van der Waals surface area (Å²) in [6, 6.07) is -0.760. The number of ether oxygens (including phenoxy) is 2. The highest BCUT2D eigenvalue weighted by molar-refractivity contribution is 5.82. The zero-order valence-electron chi connectivity index (χ0n) is 13.6. The summed E-state index contributed by atoms with van der Waals surface area (Å²) in [6.45, 7) is 16.0. The SMILES string of the molecule is C=CC(C)(C)OC(=O)[C@@H](NC(=O)OC(C)(C)C)C(C)C. The fourth-order valence-corrected chi connectivity index (χ4v) is 1.30. The van der Waals surface area contributed by atoms with Crippen LogP contribution >= 0.6 is 0 Å². The Balaban J connectivity index is 4.78. The van der Waals surface area contributed by atoms with E-state index in [2.05, 4.69) is 11.9 Å². The molecule has 5 nitrogen and oxygen atoms in total. The Labute approximate surface area is 121 Å². The molecule has 0 rings (SSSR count). The van der Waals surface area contributed by atoms with E-state index in [1.54, 1.807) is 34.6 Å². The summed E-state index contributed by atoms with van der Waals surface area (Å²) in [5, 5.41) is 2.55. The summed E-state index contributed by atoms with van der Waals surface area (Å²) in [4.78, 5) is 23.9. The van der Waals surface area contributed by atoms with Crippen molar-refractivity contribution in [3.8, 4) is 0 Å². The lowest BCUT2D eigenvalue weighted by molar-refractivity contribution is -0.156. The van der Waals surface area contributed by atoms with E-state index in [1.165, 1.54) is 6.08 Å². The van der Waals surface area contributed by atoms with Crippen molar-refractivity contribution in [1.82, 2.24) is 5.32 Å². The molecule has 0 spiro atoms. The molecule has 1 atom stereocenters. The van der Waals surface area contributed by atoms with Crippen molar-refractivity contribution in [1.29, 1.82) is 0 Å². The van der Waals surface area contributed by atoms with E-state index in [4.69, 9.17) is 9.47 Å². The third-order valence-electron chi connectivity index (χ3n) is 2.45. The number of esters is 1. The minimum absolute atomic E-state index is 0.115.